The van der Waals surface area contributed by atoms with Gasteiger partial charge in [0.25, 0.3) is 0 Å². The third kappa shape index (κ3) is 4.91. The molecule has 2 aliphatic rings. The maximum absolute atomic E-state index is 12.5. The zero-order chi connectivity index (χ0) is 20.9. The molecule has 0 unspecified atom stereocenters. The summed E-state index contributed by atoms with van der Waals surface area (Å²) in [6.45, 7) is 6.86. The lowest BCUT2D eigenvalue weighted by molar-refractivity contribution is -0.126. The summed E-state index contributed by atoms with van der Waals surface area (Å²) < 4.78 is 0. The molecule has 0 N–H and O–H groups in total. The number of amides is 1. The fourth-order valence-electron chi connectivity index (χ4n) is 3.72. The van der Waals surface area contributed by atoms with Gasteiger partial charge in [-0.15, -0.1) is 10.2 Å². The maximum atomic E-state index is 12.5. The topological polar surface area (TPSA) is 55.8 Å². The first-order valence-electron chi connectivity index (χ1n) is 10.3. The average Bonchev–Trinajstić information content (AvgIpc) is 2.79. The van der Waals surface area contributed by atoms with Crippen LogP contribution in [-0.2, 0) is 4.79 Å². The van der Waals surface area contributed by atoms with Crippen LogP contribution in [0.2, 0.25) is 5.02 Å². The summed E-state index contributed by atoms with van der Waals surface area (Å²) in [7, 11) is 2.14. The van der Waals surface area contributed by atoms with Crippen molar-refractivity contribution in [3.05, 3.63) is 53.1 Å². The third-order valence-electron chi connectivity index (χ3n) is 5.69. The van der Waals surface area contributed by atoms with Crippen molar-refractivity contribution in [3.8, 4) is 0 Å². The summed E-state index contributed by atoms with van der Waals surface area (Å²) >= 11 is 6.15. The number of piperazine rings is 2. The lowest BCUT2D eigenvalue weighted by atomic mass is 10.2. The molecule has 3 heterocycles. The lowest BCUT2D eigenvalue weighted by Crippen LogP contribution is -2.48. The predicted octanol–water partition coefficient (Wildman–Crippen LogP) is 2.24. The highest BCUT2D eigenvalue weighted by Gasteiger charge is 2.21. The molecular formula is C22H27ClN6O. The van der Waals surface area contributed by atoms with E-state index < -0.39 is 0 Å². The van der Waals surface area contributed by atoms with E-state index in [-0.39, 0.29) is 5.91 Å². The van der Waals surface area contributed by atoms with Gasteiger partial charge in [-0.1, -0.05) is 29.8 Å². The maximum Gasteiger partial charge on any atom is 0.246 e. The van der Waals surface area contributed by atoms with Crippen LogP contribution in [0.5, 0.6) is 0 Å². The number of anilines is 2. The van der Waals surface area contributed by atoms with Crippen molar-refractivity contribution in [2.24, 2.45) is 0 Å². The highest BCUT2D eigenvalue weighted by atomic mass is 35.5. The molecule has 7 nitrogen and oxygen atoms in total. The second-order valence-electron chi connectivity index (χ2n) is 7.71. The zero-order valence-corrected chi connectivity index (χ0v) is 18.0. The van der Waals surface area contributed by atoms with Crippen molar-refractivity contribution in [1.29, 1.82) is 0 Å². The molecule has 0 atom stereocenters. The first-order valence-corrected chi connectivity index (χ1v) is 10.7. The van der Waals surface area contributed by atoms with Crippen molar-refractivity contribution in [2.45, 2.75) is 0 Å². The SMILES string of the molecule is CN1CCN(c2ccc(N3CCN(C(=O)/C=C/c4ccccc4Cl)CC3)nn2)CC1. The number of nitrogens with zero attached hydrogens (tertiary/aromatic N) is 6. The molecule has 2 aromatic rings. The molecule has 0 saturated carbocycles. The van der Waals surface area contributed by atoms with Gasteiger partial charge >= 0.3 is 0 Å². The molecule has 2 saturated heterocycles. The molecule has 0 bridgehead atoms. The molecule has 158 valence electrons. The van der Waals surface area contributed by atoms with Crippen LogP contribution in [0.25, 0.3) is 6.08 Å². The number of hydrogen-bond donors (Lipinski definition) is 0. The number of halogens is 1. The zero-order valence-electron chi connectivity index (χ0n) is 17.2. The van der Waals surface area contributed by atoms with E-state index in [0.717, 1.165) is 56.5 Å². The summed E-state index contributed by atoms with van der Waals surface area (Å²) in [5.74, 6) is 1.81. The number of carbonyl (C=O) groups is 1. The fourth-order valence-corrected chi connectivity index (χ4v) is 3.92. The second kappa shape index (κ2) is 9.45. The molecule has 1 aromatic heterocycles. The van der Waals surface area contributed by atoms with Gasteiger partial charge in [0.1, 0.15) is 0 Å². The lowest BCUT2D eigenvalue weighted by Gasteiger charge is -2.35. The van der Waals surface area contributed by atoms with E-state index in [1.165, 1.54) is 0 Å². The molecule has 1 aromatic carbocycles. The minimum Gasteiger partial charge on any atom is -0.353 e. The van der Waals surface area contributed by atoms with Crippen molar-refractivity contribution in [1.82, 2.24) is 20.0 Å². The van der Waals surface area contributed by atoms with E-state index in [1.54, 1.807) is 12.2 Å². The number of hydrogen-bond acceptors (Lipinski definition) is 6. The number of benzene rings is 1. The quantitative estimate of drug-likeness (QED) is 0.699. The Kier molecular flexibility index (Phi) is 6.50. The van der Waals surface area contributed by atoms with E-state index in [9.17, 15) is 4.79 Å². The standard InChI is InChI=1S/C22H27ClN6O/c1-26-10-12-27(13-11-26)20-7-8-21(25-24-20)28-14-16-29(17-15-28)22(30)9-6-18-4-2-3-5-19(18)23/h2-9H,10-17H2,1H3/b9-6+. The molecule has 4 rings (SSSR count). The first kappa shape index (κ1) is 20.6. The Balaban J connectivity index is 1.30. The Morgan fingerprint density at radius 1 is 0.867 bits per heavy atom. The number of aromatic nitrogens is 2. The van der Waals surface area contributed by atoms with E-state index >= 15 is 0 Å². The molecule has 8 heteroatoms. The Hall–Kier alpha value is -2.64. The van der Waals surface area contributed by atoms with Gasteiger partial charge in [-0.25, -0.2) is 0 Å². The molecular weight excluding hydrogens is 400 g/mol. The summed E-state index contributed by atoms with van der Waals surface area (Å²) in [6.07, 6.45) is 3.38. The molecule has 1 amide bonds. The number of likely N-dealkylation sites (N-methyl/N-ethyl adjacent to an activating group) is 1. The van der Waals surface area contributed by atoms with Crippen LogP contribution in [0.1, 0.15) is 5.56 Å². The van der Waals surface area contributed by atoms with Crippen molar-refractivity contribution in [2.75, 3.05) is 69.2 Å². The molecule has 2 fully saturated rings. The summed E-state index contributed by atoms with van der Waals surface area (Å²) in [6, 6.07) is 11.6. The highest BCUT2D eigenvalue weighted by Crippen LogP contribution is 2.19. The van der Waals surface area contributed by atoms with Crippen LogP contribution in [-0.4, -0.2) is 85.3 Å². The van der Waals surface area contributed by atoms with E-state index in [2.05, 4.69) is 38.0 Å². The van der Waals surface area contributed by atoms with Gasteiger partial charge in [0, 0.05) is 63.5 Å². The molecule has 0 radical (unpaired) electrons. The van der Waals surface area contributed by atoms with E-state index in [4.69, 9.17) is 11.6 Å². The fraction of sp³-hybridized carbons (Fsp3) is 0.409. The Labute approximate surface area is 182 Å². The van der Waals surface area contributed by atoms with Gasteiger partial charge in [0.15, 0.2) is 11.6 Å². The van der Waals surface area contributed by atoms with Gasteiger partial charge in [-0.05, 0) is 36.9 Å². The molecule has 0 aliphatic carbocycles. The first-order chi connectivity index (χ1) is 14.6. The monoisotopic (exact) mass is 426 g/mol. The number of carbonyl (C=O) groups excluding carboxylic acids is 1. The summed E-state index contributed by atoms with van der Waals surface area (Å²) in [5, 5.41) is 9.52. The molecule has 30 heavy (non-hydrogen) atoms. The largest absolute Gasteiger partial charge is 0.353 e. The smallest absolute Gasteiger partial charge is 0.246 e. The summed E-state index contributed by atoms with van der Waals surface area (Å²) in [5.41, 5.74) is 0.849. The van der Waals surface area contributed by atoms with Gasteiger partial charge < -0.3 is 19.6 Å². The van der Waals surface area contributed by atoms with Crippen LogP contribution >= 0.6 is 11.6 Å². The van der Waals surface area contributed by atoms with Crippen LogP contribution in [0.3, 0.4) is 0 Å². The Morgan fingerprint density at radius 3 is 2.00 bits per heavy atom. The second-order valence-corrected chi connectivity index (χ2v) is 8.11. The minimum atomic E-state index is 0.00562. The third-order valence-corrected chi connectivity index (χ3v) is 6.03. The Bertz CT molecular complexity index is 887. The highest BCUT2D eigenvalue weighted by molar-refractivity contribution is 6.32. The van der Waals surface area contributed by atoms with E-state index in [0.29, 0.717) is 18.1 Å². The molecule has 0 spiro atoms. The summed E-state index contributed by atoms with van der Waals surface area (Å²) in [4.78, 5) is 21.1. The van der Waals surface area contributed by atoms with Crippen LogP contribution < -0.4 is 9.80 Å². The minimum absolute atomic E-state index is 0.00562. The van der Waals surface area contributed by atoms with Gasteiger partial charge in [-0.2, -0.15) is 0 Å². The van der Waals surface area contributed by atoms with Gasteiger partial charge in [-0.3, -0.25) is 4.79 Å². The van der Waals surface area contributed by atoms with Crippen LogP contribution in [0, 0.1) is 0 Å². The van der Waals surface area contributed by atoms with Crippen molar-refractivity contribution in [3.63, 3.8) is 0 Å². The normalized spacial score (nSPS) is 18.3. The Morgan fingerprint density at radius 2 is 1.43 bits per heavy atom. The van der Waals surface area contributed by atoms with Gasteiger partial charge in [0.2, 0.25) is 5.91 Å². The average molecular weight is 427 g/mol. The van der Waals surface area contributed by atoms with E-state index in [1.807, 2.05) is 35.2 Å². The van der Waals surface area contributed by atoms with Gasteiger partial charge in [0.05, 0.1) is 0 Å². The number of rotatable bonds is 4. The van der Waals surface area contributed by atoms with Crippen molar-refractivity contribution >= 4 is 35.2 Å². The molecule has 2 aliphatic heterocycles. The van der Waals surface area contributed by atoms with Crippen LogP contribution in [0.15, 0.2) is 42.5 Å². The predicted molar refractivity (Wildman–Crippen MR) is 121 cm³/mol. The van der Waals surface area contributed by atoms with Crippen LogP contribution in [0.4, 0.5) is 11.6 Å². The van der Waals surface area contributed by atoms with Crippen molar-refractivity contribution < 1.29 is 4.79 Å².